The van der Waals surface area contributed by atoms with Crippen LogP contribution in [-0.2, 0) is 38.8 Å². The topological polar surface area (TPSA) is 87.9 Å². The zero-order valence-corrected chi connectivity index (χ0v) is 26.6. The van der Waals surface area contributed by atoms with E-state index in [9.17, 15) is 18.3 Å². The first-order valence-electron chi connectivity index (χ1n) is 15.8. The van der Waals surface area contributed by atoms with Crippen molar-refractivity contribution in [3.63, 3.8) is 0 Å². The van der Waals surface area contributed by atoms with Gasteiger partial charge in [0, 0.05) is 12.0 Å². The Labute approximate surface area is 282 Å². The molecule has 4 aromatic carbocycles. The van der Waals surface area contributed by atoms with Gasteiger partial charge in [0.2, 0.25) is 0 Å². The highest BCUT2D eigenvalue weighted by atomic mass is 19.2. The van der Waals surface area contributed by atoms with Crippen molar-refractivity contribution in [3.05, 3.63) is 156 Å². The standard InChI is InChI=1S/C38H36F3N3O5/c1-2-18-38(45)37(48-24-28-16-10-5-11-17-28)35(44-21-32(42-43-44)29-19-30(39)34(41)31(40)20-29)36(47-23-27-14-8-4-9-15-27)33(49-38)25-46-22-26-12-6-3-7-13-26/h2-17,19-21,33,35-37,45H,1,18,22-25H2/t33-,35+,36+,37-,38+/m1/s1. The van der Waals surface area contributed by atoms with Crippen LogP contribution in [0.15, 0.2) is 122 Å². The van der Waals surface area contributed by atoms with Gasteiger partial charge < -0.3 is 24.1 Å². The van der Waals surface area contributed by atoms with Crippen LogP contribution in [0.5, 0.6) is 0 Å². The second-order valence-corrected chi connectivity index (χ2v) is 11.8. The van der Waals surface area contributed by atoms with Gasteiger partial charge in [-0.1, -0.05) is 102 Å². The highest BCUT2D eigenvalue weighted by Crippen LogP contribution is 2.42. The molecule has 0 bridgehead atoms. The van der Waals surface area contributed by atoms with Gasteiger partial charge in [0.25, 0.3) is 0 Å². The molecule has 5 aromatic rings. The number of ether oxygens (including phenoxy) is 4. The molecule has 2 heterocycles. The molecule has 11 heteroatoms. The molecule has 8 nitrogen and oxygen atoms in total. The lowest BCUT2D eigenvalue weighted by Crippen LogP contribution is -2.64. The van der Waals surface area contributed by atoms with E-state index in [2.05, 4.69) is 16.9 Å². The minimum Gasteiger partial charge on any atom is -0.374 e. The van der Waals surface area contributed by atoms with Crippen molar-refractivity contribution in [2.45, 2.75) is 56.4 Å². The minimum absolute atomic E-state index is 0.0195. The van der Waals surface area contributed by atoms with E-state index in [1.807, 2.05) is 91.0 Å². The SMILES string of the molecule is C=CC[C@]1(O)O[C@H](COCc2ccccc2)[C@H](OCc2ccccc2)[C@H](n2cc(-c3cc(F)c(F)c(F)c3)nn2)[C@H]1OCc1ccccc1. The van der Waals surface area contributed by atoms with Gasteiger partial charge in [0.05, 0.1) is 32.6 Å². The molecule has 1 fully saturated rings. The van der Waals surface area contributed by atoms with Crippen molar-refractivity contribution in [1.82, 2.24) is 15.0 Å². The zero-order chi connectivity index (χ0) is 34.2. The van der Waals surface area contributed by atoms with Crippen LogP contribution < -0.4 is 0 Å². The summed E-state index contributed by atoms with van der Waals surface area (Å²) in [5.74, 6) is -6.24. The lowest BCUT2D eigenvalue weighted by atomic mass is 9.88. The van der Waals surface area contributed by atoms with E-state index in [-0.39, 0.29) is 44.1 Å². The summed E-state index contributed by atoms with van der Waals surface area (Å²) in [7, 11) is 0. The van der Waals surface area contributed by atoms with Gasteiger partial charge in [-0.15, -0.1) is 11.7 Å². The number of aromatic nitrogens is 3. The van der Waals surface area contributed by atoms with Gasteiger partial charge >= 0.3 is 0 Å². The molecule has 49 heavy (non-hydrogen) atoms. The van der Waals surface area contributed by atoms with E-state index in [4.69, 9.17) is 18.9 Å². The number of aliphatic hydroxyl groups is 1. The highest BCUT2D eigenvalue weighted by Gasteiger charge is 2.56. The number of hydrogen-bond acceptors (Lipinski definition) is 7. The normalized spacial score (nSPS) is 22.2. The molecule has 0 unspecified atom stereocenters. The van der Waals surface area contributed by atoms with Crippen LogP contribution in [0.3, 0.4) is 0 Å². The van der Waals surface area contributed by atoms with Gasteiger partial charge in [-0.25, -0.2) is 17.9 Å². The fraction of sp³-hybridized carbons (Fsp3) is 0.263. The van der Waals surface area contributed by atoms with E-state index in [1.165, 1.54) is 17.0 Å². The summed E-state index contributed by atoms with van der Waals surface area (Å²) in [6.45, 7) is 4.41. The first-order valence-corrected chi connectivity index (χ1v) is 15.8. The average Bonchev–Trinajstić information content (AvgIpc) is 3.61. The molecule has 0 saturated carbocycles. The monoisotopic (exact) mass is 671 g/mol. The summed E-state index contributed by atoms with van der Waals surface area (Å²) < 4.78 is 69.3. The minimum atomic E-state index is -1.94. The lowest BCUT2D eigenvalue weighted by molar-refractivity contribution is -0.352. The molecular formula is C38H36F3N3O5. The number of hydrogen-bond donors (Lipinski definition) is 1. The Morgan fingerprint density at radius 1 is 0.816 bits per heavy atom. The van der Waals surface area contributed by atoms with Crippen LogP contribution in [0, 0.1) is 17.5 Å². The predicted octanol–water partition coefficient (Wildman–Crippen LogP) is 6.95. The van der Waals surface area contributed by atoms with Crippen LogP contribution in [0.25, 0.3) is 11.3 Å². The van der Waals surface area contributed by atoms with Crippen LogP contribution in [0.2, 0.25) is 0 Å². The Hall–Kier alpha value is -4.65. The molecule has 254 valence electrons. The summed E-state index contributed by atoms with van der Waals surface area (Å²) in [6.07, 6.45) is 0.133. The molecule has 1 N–H and O–H groups in total. The predicted molar refractivity (Wildman–Crippen MR) is 175 cm³/mol. The molecule has 1 aliphatic rings. The van der Waals surface area contributed by atoms with Crippen LogP contribution in [0.4, 0.5) is 13.2 Å². The number of benzene rings is 4. The molecule has 6 rings (SSSR count). The molecule has 5 atom stereocenters. The first-order chi connectivity index (χ1) is 23.8. The molecule has 1 aliphatic heterocycles. The maximum absolute atomic E-state index is 14.2. The van der Waals surface area contributed by atoms with E-state index >= 15 is 0 Å². The smallest absolute Gasteiger partial charge is 0.198 e. The summed E-state index contributed by atoms with van der Waals surface area (Å²) in [4.78, 5) is 0. The number of halogens is 3. The second kappa shape index (κ2) is 15.7. The van der Waals surface area contributed by atoms with Gasteiger partial charge in [-0.05, 0) is 28.8 Å². The van der Waals surface area contributed by atoms with Crippen molar-refractivity contribution in [1.29, 1.82) is 0 Å². The van der Waals surface area contributed by atoms with E-state index in [1.54, 1.807) is 0 Å². The maximum atomic E-state index is 14.2. The van der Waals surface area contributed by atoms with Gasteiger partial charge in [0.15, 0.2) is 23.2 Å². The molecule has 0 aliphatic carbocycles. The van der Waals surface area contributed by atoms with Crippen molar-refractivity contribution < 1.29 is 37.2 Å². The molecule has 1 aromatic heterocycles. The summed E-state index contributed by atoms with van der Waals surface area (Å²) in [5.41, 5.74) is 2.71. The van der Waals surface area contributed by atoms with Crippen molar-refractivity contribution in [3.8, 4) is 11.3 Å². The van der Waals surface area contributed by atoms with Crippen LogP contribution in [-0.4, -0.2) is 50.8 Å². The Morgan fingerprint density at radius 3 is 1.94 bits per heavy atom. The van der Waals surface area contributed by atoms with Gasteiger partial charge in [0.1, 0.15) is 30.0 Å². The molecular weight excluding hydrogens is 635 g/mol. The third kappa shape index (κ3) is 8.15. The summed E-state index contributed by atoms with van der Waals surface area (Å²) in [6, 6.07) is 29.3. The number of nitrogens with zero attached hydrogens (tertiary/aromatic N) is 3. The third-order valence-electron chi connectivity index (χ3n) is 8.30. The fourth-order valence-electron chi connectivity index (χ4n) is 5.93. The summed E-state index contributed by atoms with van der Waals surface area (Å²) >= 11 is 0. The Kier molecular flexibility index (Phi) is 11.0. The van der Waals surface area contributed by atoms with Crippen molar-refractivity contribution in [2.75, 3.05) is 6.61 Å². The third-order valence-corrected chi connectivity index (χ3v) is 8.30. The molecule has 0 radical (unpaired) electrons. The van der Waals surface area contributed by atoms with Crippen molar-refractivity contribution in [2.24, 2.45) is 0 Å². The maximum Gasteiger partial charge on any atom is 0.198 e. The highest BCUT2D eigenvalue weighted by molar-refractivity contribution is 5.58. The lowest BCUT2D eigenvalue weighted by Gasteiger charge is -2.50. The van der Waals surface area contributed by atoms with Crippen LogP contribution in [0.1, 0.15) is 29.2 Å². The van der Waals surface area contributed by atoms with Crippen LogP contribution >= 0.6 is 0 Å². The van der Waals surface area contributed by atoms with Gasteiger partial charge in [-0.2, -0.15) is 0 Å². The second-order valence-electron chi connectivity index (χ2n) is 11.8. The largest absolute Gasteiger partial charge is 0.374 e. The zero-order valence-electron chi connectivity index (χ0n) is 26.6. The Morgan fingerprint density at radius 2 is 1.37 bits per heavy atom. The van der Waals surface area contributed by atoms with E-state index in [0.717, 1.165) is 28.8 Å². The average molecular weight is 672 g/mol. The van der Waals surface area contributed by atoms with Gasteiger partial charge in [-0.3, -0.25) is 0 Å². The van der Waals surface area contributed by atoms with E-state index in [0.29, 0.717) is 0 Å². The first kappa shape index (κ1) is 34.2. The quantitative estimate of drug-likeness (QED) is 0.101. The van der Waals surface area contributed by atoms with E-state index < -0.39 is 47.6 Å². The Balaban J connectivity index is 1.40. The molecule has 0 amide bonds. The Bertz CT molecular complexity index is 1790. The fourth-order valence-corrected chi connectivity index (χ4v) is 5.93. The summed E-state index contributed by atoms with van der Waals surface area (Å²) in [5, 5.41) is 20.7. The van der Waals surface area contributed by atoms with Crippen molar-refractivity contribution >= 4 is 0 Å². The molecule has 0 spiro atoms. The molecule has 1 saturated heterocycles. The number of rotatable bonds is 14.